The zero-order valence-electron chi connectivity index (χ0n) is 13.4. The maximum Gasteiger partial charge on any atom is 0.240 e. The highest BCUT2D eigenvalue weighted by molar-refractivity contribution is 7.89. The predicted molar refractivity (Wildman–Crippen MR) is 87.0 cm³/mol. The van der Waals surface area contributed by atoms with E-state index >= 15 is 0 Å². The Balaban J connectivity index is 2.55. The van der Waals surface area contributed by atoms with E-state index in [1.54, 1.807) is 12.1 Å². The van der Waals surface area contributed by atoms with Crippen LogP contribution in [0, 0.1) is 0 Å². The Morgan fingerprint density at radius 1 is 1.10 bits per heavy atom. The topological polar surface area (TPSA) is 61.4 Å². The monoisotopic (exact) mass is 313 g/mol. The van der Waals surface area contributed by atoms with E-state index in [-0.39, 0.29) is 0 Å². The van der Waals surface area contributed by atoms with Crippen molar-refractivity contribution in [3.63, 3.8) is 0 Å². The molecule has 21 heavy (non-hydrogen) atoms. The van der Waals surface area contributed by atoms with Crippen molar-refractivity contribution in [1.82, 2.24) is 14.9 Å². The van der Waals surface area contributed by atoms with Crippen LogP contribution in [0.2, 0.25) is 0 Å². The van der Waals surface area contributed by atoms with Gasteiger partial charge in [-0.15, -0.1) is 0 Å². The van der Waals surface area contributed by atoms with Crippen molar-refractivity contribution in [3.05, 3.63) is 29.8 Å². The van der Waals surface area contributed by atoms with Gasteiger partial charge in [0, 0.05) is 19.1 Å². The summed E-state index contributed by atoms with van der Waals surface area (Å²) in [5, 5.41) is 3.34. The Labute approximate surface area is 128 Å². The van der Waals surface area contributed by atoms with Gasteiger partial charge in [0.05, 0.1) is 4.90 Å². The van der Waals surface area contributed by atoms with E-state index in [2.05, 4.69) is 23.9 Å². The molecule has 5 nitrogen and oxygen atoms in total. The fourth-order valence-electron chi connectivity index (χ4n) is 1.83. The number of likely N-dealkylation sites (N-methyl/N-ethyl adjacent to an activating group) is 1. The second-order valence-corrected chi connectivity index (χ2v) is 7.47. The third kappa shape index (κ3) is 7.04. The molecule has 1 rings (SSSR count). The summed E-state index contributed by atoms with van der Waals surface area (Å²) < 4.78 is 26.8. The van der Waals surface area contributed by atoms with E-state index in [0.717, 1.165) is 18.5 Å². The van der Waals surface area contributed by atoms with Crippen LogP contribution in [-0.2, 0) is 16.4 Å². The molecule has 0 saturated heterocycles. The standard InChI is InChI=1S/C15H27N3O2S/c1-13(2)16-10-9-14-5-7-15(8-6-14)21(19,20)17-11-12-18(3)4/h5-8,13,16-17H,9-12H2,1-4H3. The number of nitrogens with one attached hydrogen (secondary N) is 2. The van der Waals surface area contributed by atoms with Crippen LogP contribution in [0.15, 0.2) is 29.2 Å². The lowest BCUT2D eigenvalue weighted by atomic mass is 10.1. The summed E-state index contributed by atoms with van der Waals surface area (Å²) >= 11 is 0. The SMILES string of the molecule is CC(C)NCCc1ccc(S(=O)(=O)NCCN(C)C)cc1. The van der Waals surface area contributed by atoms with Gasteiger partial charge in [0.1, 0.15) is 0 Å². The van der Waals surface area contributed by atoms with Crippen LogP contribution >= 0.6 is 0 Å². The summed E-state index contributed by atoms with van der Waals surface area (Å²) in [6.45, 7) is 6.20. The smallest absolute Gasteiger partial charge is 0.240 e. The summed E-state index contributed by atoms with van der Waals surface area (Å²) in [7, 11) is 0.423. The highest BCUT2D eigenvalue weighted by atomic mass is 32.2. The van der Waals surface area contributed by atoms with Gasteiger partial charge in [-0.3, -0.25) is 0 Å². The van der Waals surface area contributed by atoms with Gasteiger partial charge in [-0.05, 0) is 44.8 Å². The Hall–Kier alpha value is -0.950. The molecule has 0 aliphatic heterocycles. The second kappa shape index (κ2) is 8.48. The summed E-state index contributed by atoms with van der Waals surface area (Å²) in [6.07, 6.45) is 0.895. The second-order valence-electron chi connectivity index (χ2n) is 5.70. The molecule has 6 heteroatoms. The van der Waals surface area contributed by atoms with Crippen LogP contribution in [-0.4, -0.2) is 53.1 Å². The number of nitrogens with zero attached hydrogens (tertiary/aromatic N) is 1. The molecule has 0 unspecified atom stereocenters. The summed E-state index contributed by atoms with van der Waals surface area (Å²) in [4.78, 5) is 2.26. The van der Waals surface area contributed by atoms with Crippen molar-refractivity contribution in [2.45, 2.75) is 31.2 Å². The van der Waals surface area contributed by atoms with E-state index in [1.165, 1.54) is 0 Å². The molecular formula is C15H27N3O2S. The van der Waals surface area contributed by atoms with Gasteiger partial charge >= 0.3 is 0 Å². The van der Waals surface area contributed by atoms with Gasteiger partial charge in [-0.1, -0.05) is 26.0 Å². The molecular weight excluding hydrogens is 286 g/mol. The molecule has 1 aromatic carbocycles. The fraction of sp³-hybridized carbons (Fsp3) is 0.600. The number of rotatable bonds is 9. The molecule has 0 saturated carbocycles. The van der Waals surface area contributed by atoms with Gasteiger partial charge in [0.15, 0.2) is 0 Å². The van der Waals surface area contributed by atoms with E-state index < -0.39 is 10.0 Å². The normalized spacial score (nSPS) is 12.3. The number of sulfonamides is 1. The van der Waals surface area contributed by atoms with Gasteiger partial charge in [-0.25, -0.2) is 13.1 Å². The first-order chi connectivity index (χ1) is 9.81. The minimum atomic E-state index is -3.40. The predicted octanol–water partition coefficient (Wildman–Crippen LogP) is 1.07. The first-order valence-corrected chi connectivity index (χ1v) is 8.76. The summed E-state index contributed by atoms with van der Waals surface area (Å²) in [5.41, 5.74) is 1.13. The highest BCUT2D eigenvalue weighted by Gasteiger charge is 2.12. The van der Waals surface area contributed by atoms with Crippen LogP contribution < -0.4 is 10.0 Å². The molecule has 0 atom stereocenters. The quantitative estimate of drug-likeness (QED) is 0.716. The number of hydrogen-bond acceptors (Lipinski definition) is 4. The van der Waals surface area contributed by atoms with Crippen molar-refractivity contribution in [2.24, 2.45) is 0 Å². The highest BCUT2D eigenvalue weighted by Crippen LogP contribution is 2.10. The maximum absolute atomic E-state index is 12.1. The molecule has 0 aromatic heterocycles. The molecule has 120 valence electrons. The van der Waals surface area contributed by atoms with Gasteiger partial charge in [0.25, 0.3) is 0 Å². The lowest BCUT2D eigenvalue weighted by molar-refractivity contribution is 0.412. The third-order valence-electron chi connectivity index (χ3n) is 3.05. The maximum atomic E-state index is 12.1. The molecule has 0 fully saturated rings. The van der Waals surface area contributed by atoms with Crippen LogP contribution in [0.5, 0.6) is 0 Å². The van der Waals surface area contributed by atoms with E-state index in [0.29, 0.717) is 24.0 Å². The Morgan fingerprint density at radius 2 is 1.71 bits per heavy atom. The van der Waals surface area contributed by atoms with Crippen LogP contribution in [0.25, 0.3) is 0 Å². The van der Waals surface area contributed by atoms with Crippen molar-refractivity contribution >= 4 is 10.0 Å². The molecule has 0 aliphatic rings. The van der Waals surface area contributed by atoms with Gasteiger partial charge in [-0.2, -0.15) is 0 Å². The molecule has 0 amide bonds. The first-order valence-electron chi connectivity index (χ1n) is 7.28. The van der Waals surface area contributed by atoms with E-state index in [9.17, 15) is 8.42 Å². The lowest BCUT2D eigenvalue weighted by Gasteiger charge is -2.11. The molecule has 0 bridgehead atoms. The van der Waals surface area contributed by atoms with Crippen LogP contribution in [0.3, 0.4) is 0 Å². The minimum absolute atomic E-state index is 0.321. The minimum Gasteiger partial charge on any atom is -0.314 e. The van der Waals surface area contributed by atoms with Crippen LogP contribution in [0.4, 0.5) is 0 Å². The summed E-state index contributed by atoms with van der Waals surface area (Å²) in [6, 6.07) is 7.56. The van der Waals surface area contributed by atoms with Crippen molar-refractivity contribution in [2.75, 3.05) is 33.7 Å². The Bertz CT molecular complexity index is 510. The Morgan fingerprint density at radius 3 is 2.24 bits per heavy atom. The molecule has 2 N–H and O–H groups in total. The Kier molecular flexibility index (Phi) is 7.31. The zero-order valence-corrected chi connectivity index (χ0v) is 14.2. The largest absolute Gasteiger partial charge is 0.314 e. The molecule has 0 spiro atoms. The molecule has 1 aromatic rings. The molecule has 0 aliphatic carbocycles. The van der Waals surface area contributed by atoms with Crippen molar-refractivity contribution in [3.8, 4) is 0 Å². The summed E-state index contributed by atoms with van der Waals surface area (Å²) in [5.74, 6) is 0. The van der Waals surface area contributed by atoms with Gasteiger partial charge < -0.3 is 10.2 Å². The van der Waals surface area contributed by atoms with Crippen molar-refractivity contribution < 1.29 is 8.42 Å². The lowest BCUT2D eigenvalue weighted by Crippen LogP contribution is -2.31. The zero-order chi connectivity index (χ0) is 15.9. The van der Waals surface area contributed by atoms with Crippen molar-refractivity contribution in [1.29, 1.82) is 0 Å². The molecule has 0 heterocycles. The van der Waals surface area contributed by atoms with E-state index in [4.69, 9.17) is 0 Å². The number of benzene rings is 1. The molecule has 0 radical (unpaired) electrons. The fourth-order valence-corrected chi connectivity index (χ4v) is 2.85. The third-order valence-corrected chi connectivity index (χ3v) is 4.53. The average Bonchev–Trinajstić information content (AvgIpc) is 2.38. The number of hydrogen-bond donors (Lipinski definition) is 2. The van der Waals surface area contributed by atoms with Gasteiger partial charge in [0.2, 0.25) is 10.0 Å². The van der Waals surface area contributed by atoms with Crippen LogP contribution in [0.1, 0.15) is 19.4 Å². The van der Waals surface area contributed by atoms with E-state index in [1.807, 2.05) is 31.1 Å². The average molecular weight is 313 g/mol. The first kappa shape index (κ1) is 18.1.